The van der Waals surface area contributed by atoms with Gasteiger partial charge in [0, 0.05) is 22.4 Å². The summed E-state index contributed by atoms with van der Waals surface area (Å²) in [6.07, 6.45) is 0. The van der Waals surface area contributed by atoms with E-state index in [1.807, 2.05) is 36.4 Å². The van der Waals surface area contributed by atoms with Crippen LogP contribution < -0.4 is 0 Å². The van der Waals surface area contributed by atoms with Crippen LogP contribution in [-0.4, -0.2) is 4.98 Å². The van der Waals surface area contributed by atoms with Crippen molar-refractivity contribution in [2.45, 2.75) is 0 Å². The van der Waals surface area contributed by atoms with Gasteiger partial charge in [-0.2, -0.15) is 0 Å². The number of para-hydroxylation sites is 1. The number of furan rings is 1. The van der Waals surface area contributed by atoms with E-state index < -0.39 is 0 Å². The molecule has 0 bridgehead atoms. The second-order valence-corrected chi connectivity index (χ2v) is 6.86. The summed E-state index contributed by atoms with van der Waals surface area (Å²) in [6, 6.07) is 20.2. The van der Waals surface area contributed by atoms with Crippen LogP contribution in [0.2, 0.25) is 5.02 Å². The Kier molecular flexibility index (Phi) is 2.75. The largest absolute Gasteiger partial charge is 0.454 e. The Morgan fingerprint density at radius 2 is 1.78 bits per heavy atom. The fourth-order valence-electron chi connectivity index (χ4n) is 2.89. The molecule has 0 aliphatic rings. The first kappa shape index (κ1) is 13.1. The van der Waals surface area contributed by atoms with Gasteiger partial charge < -0.3 is 4.42 Å². The Bertz CT molecular complexity index is 1170. The quantitative estimate of drug-likeness (QED) is 0.348. The molecule has 0 radical (unpaired) electrons. The molecule has 2 heterocycles. The molecule has 0 aliphatic heterocycles. The Morgan fingerprint density at radius 3 is 2.65 bits per heavy atom. The molecule has 2 nitrogen and oxygen atoms in total. The molecule has 0 atom stereocenters. The summed E-state index contributed by atoms with van der Waals surface area (Å²) in [5.41, 5.74) is 3.72. The molecule has 5 aromatic rings. The molecular formula is C19H10ClNOS. The van der Waals surface area contributed by atoms with Crippen LogP contribution in [0.15, 0.2) is 65.1 Å². The smallest absolute Gasteiger partial charge is 0.153 e. The minimum atomic E-state index is 0.639. The molecule has 23 heavy (non-hydrogen) atoms. The van der Waals surface area contributed by atoms with Gasteiger partial charge in [-0.05, 0) is 12.1 Å². The van der Waals surface area contributed by atoms with Crippen LogP contribution in [0.25, 0.3) is 42.7 Å². The zero-order valence-electron chi connectivity index (χ0n) is 11.9. The molecule has 2 aromatic heterocycles. The monoisotopic (exact) mass is 335 g/mol. The third-order valence-electron chi connectivity index (χ3n) is 3.98. The molecule has 0 amide bonds. The molecule has 3 aromatic carbocycles. The van der Waals surface area contributed by atoms with Crippen molar-refractivity contribution < 1.29 is 4.42 Å². The summed E-state index contributed by atoms with van der Waals surface area (Å²) >= 11 is 7.91. The van der Waals surface area contributed by atoms with Crippen LogP contribution in [-0.2, 0) is 0 Å². The second-order valence-electron chi connectivity index (χ2n) is 5.42. The average molecular weight is 336 g/mol. The van der Waals surface area contributed by atoms with E-state index in [1.165, 1.54) is 0 Å². The number of aromatic nitrogens is 1. The number of halogens is 1. The van der Waals surface area contributed by atoms with Gasteiger partial charge in [-0.15, -0.1) is 11.3 Å². The average Bonchev–Trinajstić information content (AvgIpc) is 3.15. The highest BCUT2D eigenvalue weighted by atomic mass is 35.5. The molecular weight excluding hydrogens is 326 g/mol. The standard InChI is InChI=1S/C19H10ClNOS/c20-14-8-4-7-12-13-9-15-17(10-16(13)22-18(12)14)23-19(21-15)11-5-2-1-3-6-11/h1-10H. The third kappa shape index (κ3) is 1.97. The minimum Gasteiger partial charge on any atom is -0.454 e. The molecule has 0 unspecified atom stereocenters. The number of rotatable bonds is 1. The third-order valence-corrected chi connectivity index (χ3v) is 5.34. The Labute approximate surface area is 140 Å². The maximum Gasteiger partial charge on any atom is 0.153 e. The van der Waals surface area contributed by atoms with Gasteiger partial charge in [0.1, 0.15) is 10.6 Å². The van der Waals surface area contributed by atoms with E-state index in [2.05, 4.69) is 24.3 Å². The number of hydrogen-bond donors (Lipinski definition) is 0. The SMILES string of the molecule is Clc1cccc2c1oc1cc3sc(-c4ccccc4)nc3cc12. The molecule has 0 saturated heterocycles. The Morgan fingerprint density at radius 1 is 0.913 bits per heavy atom. The second kappa shape index (κ2) is 4.82. The first-order valence-electron chi connectivity index (χ1n) is 7.26. The van der Waals surface area contributed by atoms with Crippen molar-refractivity contribution in [3.05, 3.63) is 65.7 Å². The van der Waals surface area contributed by atoms with Crippen LogP contribution in [0.1, 0.15) is 0 Å². The van der Waals surface area contributed by atoms with Crippen LogP contribution in [0.3, 0.4) is 0 Å². The van der Waals surface area contributed by atoms with Crippen molar-refractivity contribution in [3.63, 3.8) is 0 Å². The number of benzene rings is 3. The number of hydrogen-bond acceptors (Lipinski definition) is 3. The lowest BCUT2D eigenvalue weighted by atomic mass is 10.1. The summed E-state index contributed by atoms with van der Waals surface area (Å²) in [7, 11) is 0. The number of fused-ring (bicyclic) bond motifs is 4. The summed E-state index contributed by atoms with van der Waals surface area (Å²) in [4.78, 5) is 4.79. The predicted octanol–water partition coefficient (Wildman–Crippen LogP) is 6.52. The zero-order chi connectivity index (χ0) is 15.4. The lowest BCUT2D eigenvalue weighted by Gasteiger charge is -1.92. The first-order chi connectivity index (χ1) is 11.3. The maximum absolute atomic E-state index is 6.23. The highest BCUT2D eigenvalue weighted by Gasteiger charge is 2.13. The van der Waals surface area contributed by atoms with Gasteiger partial charge in [0.25, 0.3) is 0 Å². The van der Waals surface area contributed by atoms with Gasteiger partial charge in [0.2, 0.25) is 0 Å². The Hall–Kier alpha value is -2.36. The first-order valence-corrected chi connectivity index (χ1v) is 8.46. The van der Waals surface area contributed by atoms with Crippen molar-refractivity contribution in [2.75, 3.05) is 0 Å². The topological polar surface area (TPSA) is 26.0 Å². The summed E-state index contributed by atoms with van der Waals surface area (Å²) in [6.45, 7) is 0. The summed E-state index contributed by atoms with van der Waals surface area (Å²) < 4.78 is 7.07. The van der Waals surface area contributed by atoms with Crippen LogP contribution in [0.4, 0.5) is 0 Å². The van der Waals surface area contributed by atoms with Gasteiger partial charge in [0.05, 0.1) is 15.2 Å². The molecule has 5 rings (SSSR count). The van der Waals surface area contributed by atoms with Crippen molar-refractivity contribution in [1.82, 2.24) is 4.98 Å². The van der Waals surface area contributed by atoms with Gasteiger partial charge in [-0.3, -0.25) is 0 Å². The maximum atomic E-state index is 6.23. The van der Waals surface area contributed by atoms with Gasteiger partial charge in [0.15, 0.2) is 5.58 Å². The van der Waals surface area contributed by atoms with Crippen LogP contribution in [0, 0.1) is 0 Å². The van der Waals surface area contributed by atoms with Crippen molar-refractivity contribution >= 4 is 55.1 Å². The summed E-state index contributed by atoms with van der Waals surface area (Å²) in [5, 5.41) is 3.75. The zero-order valence-corrected chi connectivity index (χ0v) is 13.5. The molecule has 110 valence electrons. The van der Waals surface area contributed by atoms with Gasteiger partial charge in [-0.1, -0.05) is 54.1 Å². The molecule has 0 aliphatic carbocycles. The lowest BCUT2D eigenvalue weighted by Crippen LogP contribution is -1.74. The Balaban J connectivity index is 1.81. The van der Waals surface area contributed by atoms with Crippen molar-refractivity contribution in [1.29, 1.82) is 0 Å². The van der Waals surface area contributed by atoms with Crippen LogP contribution >= 0.6 is 22.9 Å². The van der Waals surface area contributed by atoms with E-state index in [9.17, 15) is 0 Å². The van der Waals surface area contributed by atoms with Crippen LogP contribution in [0.5, 0.6) is 0 Å². The number of thiazole rings is 1. The fraction of sp³-hybridized carbons (Fsp3) is 0. The molecule has 4 heteroatoms. The minimum absolute atomic E-state index is 0.639. The van der Waals surface area contributed by atoms with Gasteiger partial charge in [-0.25, -0.2) is 4.98 Å². The van der Waals surface area contributed by atoms with E-state index in [4.69, 9.17) is 21.0 Å². The molecule has 0 saturated carbocycles. The van der Waals surface area contributed by atoms with E-state index >= 15 is 0 Å². The van der Waals surface area contributed by atoms with E-state index in [0.29, 0.717) is 5.02 Å². The lowest BCUT2D eigenvalue weighted by molar-refractivity contribution is 0.669. The van der Waals surface area contributed by atoms with E-state index in [1.54, 1.807) is 11.3 Å². The van der Waals surface area contributed by atoms with E-state index in [0.717, 1.165) is 42.7 Å². The highest BCUT2D eigenvalue weighted by Crippen LogP contribution is 2.38. The van der Waals surface area contributed by atoms with E-state index in [-0.39, 0.29) is 0 Å². The fourth-order valence-corrected chi connectivity index (χ4v) is 4.08. The predicted molar refractivity (Wildman–Crippen MR) is 97.3 cm³/mol. The molecule has 0 N–H and O–H groups in total. The van der Waals surface area contributed by atoms with Crippen molar-refractivity contribution in [2.24, 2.45) is 0 Å². The van der Waals surface area contributed by atoms with Gasteiger partial charge >= 0.3 is 0 Å². The number of nitrogens with zero attached hydrogens (tertiary/aromatic N) is 1. The highest BCUT2D eigenvalue weighted by molar-refractivity contribution is 7.21. The van der Waals surface area contributed by atoms with Crippen molar-refractivity contribution in [3.8, 4) is 10.6 Å². The molecule has 0 spiro atoms. The normalized spacial score (nSPS) is 11.7. The summed E-state index contributed by atoms with van der Waals surface area (Å²) in [5.74, 6) is 0. The molecule has 0 fully saturated rings.